The largest absolute Gasteiger partial charge is 0.230 e. The highest BCUT2D eigenvalue weighted by atomic mass is 32.3. The van der Waals surface area contributed by atoms with Crippen LogP contribution in [0.15, 0.2) is 4.34 Å². The highest BCUT2D eigenvalue weighted by molar-refractivity contribution is 8.15. The summed E-state index contributed by atoms with van der Waals surface area (Å²) in [4.78, 5) is 5.29. The zero-order valence-corrected chi connectivity index (χ0v) is 10.9. The van der Waals surface area contributed by atoms with Gasteiger partial charge in [0.15, 0.2) is 0 Å². The summed E-state index contributed by atoms with van der Waals surface area (Å²) in [5, 5.41) is 9.94. The van der Waals surface area contributed by atoms with Crippen LogP contribution in [0.25, 0.3) is 0 Å². The van der Waals surface area contributed by atoms with Crippen molar-refractivity contribution in [3.8, 4) is 5.40 Å². The maximum Gasteiger partial charge on any atom is 0.215 e. The van der Waals surface area contributed by atoms with E-state index in [-0.39, 0.29) is 9.42 Å². The summed E-state index contributed by atoms with van der Waals surface area (Å²) in [5.41, 5.74) is 0.941. The van der Waals surface area contributed by atoms with Crippen LogP contribution in [-0.2, 0) is 22.7 Å². The van der Waals surface area contributed by atoms with Crippen LogP contribution in [0.5, 0.6) is 0 Å². The second kappa shape index (κ2) is 4.73. The standard InChI is InChI=1S/C9H10N2O2S3/c10-5-14-6-16(12,13)9-11-7-3-1-2-4-8(7)15-9/h1-4,6H2. The van der Waals surface area contributed by atoms with Gasteiger partial charge in [-0.15, -0.1) is 11.3 Å². The lowest BCUT2D eigenvalue weighted by molar-refractivity contribution is 0.599. The van der Waals surface area contributed by atoms with Gasteiger partial charge in [-0.05, 0) is 37.4 Å². The second-order valence-corrected chi connectivity index (χ2v) is 7.90. The summed E-state index contributed by atoms with van der Waals surface area (Å²) in [6.07, 6.45) is 4.02. The number of rotatable bonds is 3. The number of thiocyanates is 1. The normalized spacial score (nSPS) is 15.4. The molecule has 0 aromatic carbocycles. The van der Waals surface area contributed by atoms with E-state index < -0.39 is 9.84 Å². The van der Waals surface area contributed by atoms with E-state index in [0.29, 0.717) is 0 Å². The van der Waals surface area contributed by atoms with E-state index in [4.69, 9.17) is 5.26 Å². The summed E-state index contributed by atoms with van der Waals surface area (Å²) < 4.78 is 23.8. The van der Waals surface area contributed by atoms with Crippen molar-refractivity contribution in [2.45, 2.75) is 30.0 Å². The molecule has 1 aromatic rings. The van der Waals surface area contributed by atoms with Gasteiger partial charge in [-0.3, -0.25) is 0 Å². The van der Waals surface area contributed by atoms with Gasteiger partial charge < -0.3 is 0 Å². The average molecular weight is 274 g/mol. The third kappa shape index (κ3) is 2.39. The second-order valence-electron chi connectivity index (χ2n) is 3.52. The Morgan fingerprint density at radius 2 is 2.19 bits per heavy atom. The lowest BCUT2D eigenvalue weighted by Crippen LogP contribution is -2.03. The van der Waals surface area contributed by atoms with Gasteiger partial charge in [0, 0.05) is 4.88 Å². The first-order valence-electron chi connectivity index (χ1n) is 4.86. The third-order valence-electron chi connectivity index (χ3n) is 2.37. The summed E-state index contributed by atoms with van der Waals surface area (Å²) in [5.74, 6) is 0. The number of hydrogen-bond donors (Lipinski definition) is 0. The van der Waals surface area contributed by atoms with Gasteiger partial charge in [0.1, 0.15) is 10.5 Å². The number of thiazole rings is 1. The fourth-order valence-electron chi connectivity index (χ4n) is 1.62. The van der Waals surface area contributed by atoms with Crippen LogP contribution >= 0.6 is 23.1 Å². The fraction of sp³-hybridized carbons (Fsp3) is 0.556. The van der Waals surface area contributed by atoms with Crippen molar-refractivity contribution in [1.82, 2.24) is 4.98 Å². The molecule has 0 saturated carbocycles. The Bertz CT molecular complexity index is 504. The van der Waals surface area contributed by atoms with Crippen molar-refractivity contribution in [3.05, 3.63) is 10.6 Å². The lowest BCUT2D eigenvalue weighted by atomic mass is 10.0. The van der Waals surface area contributed by atoms with Gasteiger partial charge in [-0.2, -0.15) is 5.26 Å². The van der Waals surface area contributed by atoms with Crippen LogP contribution in [0, 0.1) is 10.7 Å². The first-order chi connectivity index (χ1) is 7.63. The van der Waals surface area contributed by atoms with Crippen molar-refractivity contribution >= 4 is 32.9 Å². The zero-order valence-electron chi connectivity index (χ0n) is 8.47. The summed E-state index contributed by atoms with van der Waals surface area (Å²) in [6, 6.07) is 0. The number of sulfone groups is 1. The Morgan fingerprint density at radius 1 is 1.44 bits per heavy atom. The molecular formula is C9H10N2O2S3. The minimum absolute atomic E-state index is 0.183. The molecule has 0 atom stereocenters. The van der Waals surface area contributed by atoms with Crippen molar-refractivity contribution in [2.24, 2.45) is 0 Å². The van der Waals surface area contributed by atoms with E-state index in [1.54, 1.807) is 5.40 Å². The van der Waals surface area contributed by atoms with Crippen LogP contribution in [0.1, 0.15) is 23.4 Å². The van der Waals surface area contributed by atoms with E-state index in [0.717, 1.165) is 48.0 Å². The molecular weight excluding hydrogens is 264 g/mol. The number of aryl methyl sites for hydroxylation is 2. The molecule has 0 unspecified atom stereocenters. The Balaban J connectivity index is 2.28. The van der Waals surface area contributed by atoms with E-state index in [1.807, 2.05) is 0 Å². The molecule has 1 aliphatic rings. The predicted octanol–water partition coefficient (Wildman–Crippen LogP) is 1.97. The number of nitrogens with zero attached hydrogens (tertiary/aromatic N) is 2. The van der Waals surface area contributed by atoms with Gasteiger partial charge in [0.05, 0.1) is 5.69 Å². The van der Waals surface area contributed by atoms with Crippen LogP contribution in [-0.4, -0.2) is 18.5 Å². The van der Waals surface area contributed by atoms with Gasteiger partial charge >= 0.3 is 0 Å². The first kappa shape index (κ1) is 11.9. The van der Waals surface area contributed by atoms with E-state index in [9.17, 15) is 8.42 Å². The lowest BCUT2D eigenvalue weighted by Gasteiger charge is -2.06. The molecule has 0 aliphatic heterocycles. The van der Waals surface area contributed by atoms with Gasteiger partial charge in [-0.1, -0.05) is 0 Å². The molecule has 0 saturated heterocycles. The number of thioether (sulfide) groups is 1. The van der Waals surface area contributed by atoms with Crippen molar-refractivity contribution in [3.63, 3.8) is 0 Å². The van der Waals surface area contributed by atoms with E-state index in [2.05, 4.69) is 4.98 Å². The molecule has 0 radical (unpaired) electrons. The number of nitriles is 1. The van der Waals surface area contributed by atoms with Crippen LogP contribution in [0.4, 0.5) is 0 Å². The van der Waals surface area contributed by atoms with Crippen molar-refractivity contribution in [1.29, 1.82) is 5.26 Å². The van der Waals surface area contributed by atoms with Crippen LogP contribution in [0.3, 0.4) is 0 Å². The molecule has 0 bridgehead atoms. The topological polar surface area (TPSA) is 70.8 Å². The number of fused-ring (bicyclic) bond motifs is 1. The molecule has 16 heavy (non-hydrogen) atoms. The molecule has 0 N–H and O–H groups in total. The maximum absolute atomic E-state index is 11.8. The Morgan fingerprint density at radius 3 is 2.88 bits per heavy atom. The molecule has 1 aromatic heterocycles. The fourth-order valence-corrected chi connectivity index (χ4v) is 5.22. The molecule has 1 aliphatic carbocycles. The maximum atomic E-state index is 11.8. The third-order valence-corrected chi connectivity index (χ3v) is 6.80. The van der Waals surface area contributed by atoms with Gasteiger partial charge in [-0.25, -0.2) is 13.4 Å². The van der Waals surface area contributed by atoms with Crippen molar-refractivity contribution in [2.75, 3.05) is 5.08 Å². The quantitative estimate of drug-likeness (QED) is 0.788. The minimum atomic E-state index is -3.37. The van der Waals surface area contributed by atoms with Crippen molar-refractivity contribution < 1.29 is 8.42 Å². The average Bonchev–Trinajstić information content (AvgIpc) is 2.71. The first-order valence-corrected chi connectivity index (χ1v) is 8.31. The molecule has 0 spiro atoms. The predicted molar refractivity (Wildman–Crippen MR) is 64.0 cm³/mol. The van der Waals surface area contributed by atoms with Gasteiger partial charge in [0.2, 0.25) is 14.2 Å². The Labute approximate surface area is 103 Å². The minimum Gasteiger partial charge on any atom is -0.230 e. The van der Waals surface area contributed by atoms with E-state index in [1.165, 1.54) is 11.3 Å². The highest BCUT2D eigenvalue weighted by Crippen LogP contribution is 2.30. The summed E-state index contributed by atoms with van der Waals surface area (Å²) >= 11 is 2.01. The van der Waals surface area contributed by atoms with Crippen LogP contribution in [0.2, 0.25) is 0 Å². The molecule has 2 rings (SSSR count). The zero-order chi connectivity index (χ0) is 11.6. The monoisotopic (exact) mass is 274 g/mol. The molecule has 4 nitrogen and oxygen atoms in total. The molecule has 0 fully saturated rings. The Hall–Kier alpha value is -0.580. The summed E-state index contributed by atoms with van der Waals surface area (Å²) in [7, 11) is -3.37. The molecule has 86 valence electrons. The highest BCUT2D eigenvalue weighted by Gasteiger charge is 2.23. The van der Waals surface area contributed by atoms with E-state index >= 15 is 0 Å². The number of hydrogen-bond acceptors (Lipinski definition) is 6. The molecule has 7 heteroatoms. The summed E-state index contributed by atoms with van der Waals surface area (Å²) in [6.45, 7) is 0. The van der Waals surface area contributed by atoms with Crippen LogP contribution < -0.4 is 0 Å². The SMILES string of the molecule is N#CSCS(=O)(=O)c1nc2c(s1)CCCC2. The molecule has 1 heterocycles. The number of aromatic nitrogens is 1. The molecule has 0 amide bonds. The van der Waals surface area contributed by atoms with Gasteiger partial charge in [0.25, 0.3) is 0 Å². The Kier molecular flexibility index (Phi) is 3.52. The smallest absolute Gasteiger partial charge is 0.215 e.